The number of hydrogen-bond acceptors (Lipinski definition) is 6. The molecular weight excluding hydrogens is 308 g/mol. The van der Waals surface area contributed by atoms with Crippen LogP contribution in [0.3, 0.4) is 0 Å². The highest BCUT2D eigenvalue weighted by Crippen LogP contribution is 2.24. The highest BCUT2D eigenvalue weighted by Gasteiger charge is 2.18. The average Bonchev–Trinajstić information content (AvgIpc) is 2.89. The van der Waals surface area contributed by atoms with Crippen molar-refractivity contribution in [3.05, 3.63) is 46.5 Å². The molecule has 1 heterocycles. The molecule has 0 bridgehead atoms. The van der Waals surface area contributed by atoms with E-state index in [1.165, 1.54) is 7.11 Å². The molecule has 0 atom stereocenters. The molecule has 2 N–H and O–H groups in total. The topological polar surface area (TPSA) is 97.8 Å². The fraction of sp³-hybridized carbons (Fsp3) is 0.214. The standard InChI is InChI=1S/C14H14N2O5S/c1-20-8-10-11(12(17)18)22-13(15-10)16-14(19)21-7-9-5-3-2-4-6-9/h2-6H,7-8H2,1H3,(H,17,18)(H,15,16,19). The number of anilines is 1. The molecule has 0 aliphatic carbocycles. The smallest absolute Gasteiger partial charge is 0.413 e. The second-order valence-corrected chi connectivity index (χ2v) is 5.22. The van der Waals surface area contributed by atoms with Crippen molar-refractivity contribution < 1.29 is 24.2 Å². The molecule has 0 fully saturated rings. The first kappa shape index (κ1) is 15.9. The summed E-state index contributed by atoms with van der Waals surface area (Å²) in [5, 5.41) is 11.6. The van der Waals surface area contributed by atoms with E-state index in [2.05, 4.69) is 10.3 Å². The number of carbonyl (C=O) groups excluding carboxylic acids is 1. The van der Waals surface area contributed by atoms with Crippen LogP contribution in [0, 0.1) is 0 Å². The maximum Gasteiger partial charge on any atom is 0.413 e. The summed E-state index contributed by atoms with van der Waals surface area (Å²) in [6, 6.07) is 9.21. The molecule has 0 aliphatic heterocycles. The predicted molar refractivity (Wildman–Crippen MR) is 80.0 cm³/mol. The van der Waals surface area contributed by atoms with Gasteiger partial charge in [-0.1, -0.05) is 41.7 Å². The van der Waals surface area contributed by atoms with Gasteiger partial charge in [-0.15, -0.1) is 0 Å². The Hall–Kier alpha value is -2.45. The van der Waals surface area contributed by atoms with Crippen molar-refractivity contribution in [2.45, 2.75) is 13.2 Å². The van der Waals surface area contributed by atoms with Gasteiger partial charge in [0.1, 0.15) is 11.5 Å². The van der Waals surface area contributed by atoms with Crippen LogP contribution in [0.5, 0.6) is 0 Å². The largest absolute Gasteiger partial charge is 0.477 e. The van der Waals surface area contributed by atoms with Gasteiger partial charge in [0.05, 0.1) is 12.3 Å². The van der Waals surface area contributed by atoms with Gasteiger partial charge < -0.3 is 14.6 Å². The van der Waals surface area contributed by atoms with Gasteiger partial charge in [0.25, 0.3) is 0 Å². The van der Waals surface area contributed by atoms with Crippen LogP contribution in [0.4, 0.5) is 9.93 Å². The van der Waals surface area contributed by atoms with Crippen LogP contribution in [0.2, 0.25) is 0 Å². The molecule has 1 aromatic heterocycles. The van der Waals surface area contributed by atoms with Crippen molar-refractivity contribution in [3.8, 4) is 0 Å². The number of amides is 1. The number of methoxy groups -OCH3 is 1. The summed E-state index contributed by atoms with van der Waals surface area (Å²) >= 11 is 0.855. The summed E-state index contributed by atoms with van der Waals surface area (Å²) < 4.78 is 9.92. The van der Waals surface area contributed by atoms with Crippen LogP contribution in [0.15, 0.2) is 30.3 Å². The van der Waals surface area contributed by atoms with Crippen molar-refractivity contribution in [1.29, 1.82) is 0 Å². The van der Waals surface area contributed by atoms with Crippen LogP contribution in [0.1, 0.15) is 20.9 Å². The molecule has 116 valence electrons. The van der Waals surface area contributed by atoms with Crippen LogP contribution in [-0.4, -0.2) is 29.3 Å². The third kappa shape index (κ3) is 4.27. The zero-order chi connectivity index (χ0) is 15.9. The Morgan fingerprint density at radius 3 is 2.64 bits per heavy atom. The minimum atomic E-state index is -1.12. The molecule has 0 radical (unpaired) electrons. The second-order valence-electron chi connectivity index (χ2n) is 4.22. The van der Waals surface area contributed by atoms with E-state index in [4.69, 9.17) is 14.6 Å². The lowest BCUT2D eigenvalue weighted by Gasteiger charge is -2.04. The van der Waals surface area contributed by atoms with Crippen molar-refractivity contribution in [3.63, 3.8) is 0 Å². The fourth-order valence-electron chi connectivity index (χ4n) is 1.65. The maximum absolute atomic E-state index is 11.7. The quantitative estimate of drug-likeness (QED) is 0.848. The first-order chi connectivity index (χ1) is 10.6. The Morgan fingerprint density at radius 1 is 1.27 bits per heavy atom. The van der Waals surface area contributed by atoms with Crippen molar-refractivity contribution in [2.75, 3.05) is 12.4 Å². The van der Waals surface area contributed by atoms with Crippen molar-refractivity contribution in [1.82, 2.24) is 4.98 Å². The van der Waals surface area contributed by atoms with E-state index in [1.54, 1.807) is 0 Å². The molecule has 0 aliphatic rings. The minimum Gasteiger partial charge on any atom is -0.477 e. The predicted octanol–water partition coefficient (Wildman–Crippen LogP) is 2.74. The second kappa shape index (κ2) is 7.53. The summed E-state index contributed by atoms with van der Waals surface area (Å²) in [4.78, 5) is 26.8. The summed E-state index contributed by atoms with van der Waals surface area (Å²) in [6.45, 7) is 0.174. The van der Waals surface area contributed by atoms with Crippen molar-refractivity contribution in [2.24, 2.45) is 0 Å². The van der Waals surface area contributed by atoms with Gasteiger partial charge in [-0.2, -0.15) is 0 Å². The van der Waals surface area contributed by atoms with Gasteiger partial charge in [-0.25, -0.2) is 14.6 Å². The summed E-state index contributed by atoms with van der Waals surface area (Å²) in [7, 11) is 1.44. The molecule has 1 amide bonds. The van der Waals surface area contributed by atoms with Gasteiger partial charge in [-0.05, 0) is 5.56 Å². The molecule has 7 nitrogen and oxygen atoms in total. The number of carboxylic acids is 1. The minimum absolute atomic E-state index is 0.0280. The lowest BCUT2D eigenvalue weighted by atomic mass is 10.2. The van der Waals surface area contributed by atoms with E-state index < -0.39 is 12.1 Å². The fourth-order valence-corrected chi connectivity index (χ4v) is 2.45. The first-order valence-corrected chi connectivity index (χ1v) is 7.11. The number of aromatic nitrogens is 1. The number of carbonyl (C=O) groups is 2. The monoisotopic (exact) mass is 322 g/mol. The highest BCUT2D eigenvalue weighted by atomic mass is 32.1. The molecule has 22 heavy (non-hydrogen) atoms. The number of hydrogen-bond donors (Lipinski definition) is 2. The number of carboxylic acid groups (broad SMARTS) is 1. The van der Waals surface area contributed by atoms with Crippen LogP contribution < -0.4 is 5.32 Å². The molecule has 0 saturated heterocycles. The van der Waals surface area contributed by atoms with Gasteiger partial charge in [0.15, 0.2) is 5.13 Å². The lowest BCUT2D eigenvalue weighted by molar-refractivity contribution is 0.0697. The number of benzene rings is 1. The number of nitrogens with one attached hydrogen (secondary N) is 1. The highest BCUT2D eigenvalue weighted by molar-refractivity contribution is 7.17. The van der Waals surface area contributed by atoms with E-state index >= 15 is 0 Å². The molecule has 2 rings (SSSR count). The van der Waals surface area contributed by atoms with Crippen LogP contribution >= 0.6 is 11.3 Å². The lowest BCUT2D eigenvalue weighted by Crippen LogP contribution is -2.13. The third-order valence-corrected chi connectivity index (χ3v) is 3.60. The van der Waals surface area contributed by atoms with Crippen molar-refractivity contribution >= 4 is 28.5 Å². The summed E-state index contributed by atoms with van der Waals surface area (Å²) in [5.41, 5.74) is 1.11. The number of nitrogens with zero attached hydrogens (tertiary/aromatic N) is 1. The Morgan fingerprint density at radius 2 is 2.00 bits per heavy atom. The molecule has 2 aromatic rings. The molecule has 0 unspecified atom stereocenters. The van der Waals surface area contributed by atoms with Gasteiger partial charge in [0.2, 0.25) is 0 Å². The summed E-state index contributed by atoms with van der Waals surface area (Å²) in [5.74, 6) is -1.12. The van der Waals surface area contributed by atoms with Gasteiger partial charge >= 0.3 is 12.1 Å². The SMILES string of the molecule is COCc1nc(NC(=O)OCc2ccccc2)sc1C(=O)O. The van der Waals surface area contributed by atoms with E-state index in [1.807, 2.05) is 30.3 Å². The molecule has 8 heteroatoms. The normalized spacial score (nSPS) is 10.2. The Labute approximate surface area is 130 Å². The Kier molecular flexibility index (Phi) is 5.45. The molecule has 0 spiro atoms. The molecular formula is C14H14N2O5S. The van der Waals surface area contributed by atoms with E-state index in [0.717, 1.165) is 16.9 Å². The van der Waals surface area contributed by atoms with Crippen LogP contribution in [-0.2, 0) is 22.7 Å². The van der Waals surface area contributed by atoms with E-state index in [-0.39, 0.29) is 28.9 Å². The average molecular weight is 322 g/mol. The van der Waals surface area contributed by atoms with Crippen LogP contribution in [0.25, 0.3) is 0 Å². The number of ether oxygens (including phenoxy) is 2. The summed E-state index contributed by atoms with van der Waals surface area (Å²) in [6.07, 6.45) is -0.696. The van der Waals surface area contributed by atoms with E-state index in [0.29, 0.717) is 0 Å². The molecule has 0 saturated carbocycles. The maximum atomic E-state index is 11.7. The zero-order valence-electron chi connectivity index (χ0n) is 11.7. The van der Waals surface area contributed by atoms with Gasteiger partial charge in [-0.3, -0.25) is 5.32 Å². The number of rotatable bonds is 6. The Balaban J connectivity index is 1.96. The number of aromatic carboxylic acids is 1. The zero-order valence-corrected chi connectivity index (χ0v) is 12.6. The third-order valence-electron chi connectivity index (χ3n) is 2.59. The first-order valence-electron chi connectivity index (χ1n) is 6.29. The Bertz CT molecular complexity index is 657. The number of thiazole rings is 1. The molecule has 1 aromatic carbocycles. The van der Waals surface area contributed by atoms with Gasteiger partial charge in [0, 0.05) is 7.11 Å². The van der Waals surface area contributed by atoms with E-state index in [9.17, 15) is 9.59 Å².